The van der Waals surface area contributed by atoms with E-state index in [1.54, 1.807) is 25.3 Å². The number of nitrogens with one attached hydrogen (secondary N) is 1. The number of benzene rings is 1. The lowest BCUT2D eigenvalue weighted by Gasteiger charge is -2.17. The molecule has 2 aromatic rings. The number of carbonyl (C=O) groups is 1. The summed E-state index contributed by atoms with van der Waals surface area (Å²) in [5, 5.41) is 13.8. The van der Waals surface area contributed by atoms with Crippen molar-refractivity contribution in [3.63, 3.8) is 0 Å². The molecule has 2 heterocycles. The summed E-state index contributed by atoms with van der Waals surface area (Å²) in [7, 11) is 0. The zero-order valence-corrected chi connectivity index (χ0v) is 14.1. The van der Waals surface area contributed by atoms with Crippen molar-refractivity contribution >= 4 is 17.4 Å². The molecule has 7 heteroatoms. The number of rotatable bonds is 5. The lowest BCUT2D eigenvalue weighted by molar-refractivity contribution is -0.385. The third-order valence-corrected chi connectivity index (χ3v) is 4.36. The summed E-state index contributed by atoms with van der Waals surface area (Å²) in [5.74, 6) is 0.595. The second-order valence-electron chi connectivity index (χ2n) is 6.16. The minimum Gasteiger partial charge on any atom is -0.357 e. The summed E-state index contributed by atoms with van der Waals surface area (Å²) in [5.41, 5.74) is 1.72. The molecule has 1 fully saturated rings. The Bertz CT molecular complexity index is 801. The molecule has 0 radical (unpaired) electrons. The van der Waals surface area contributed by atoms with Crippen LogP contribution in [0.2, 0.25) is 0 Å². The van der Waals surface area contributed by atoms with Gasteiger partial charge in [-0.1, -0.05) is 6.07 Å². The van der Waals surface area contributed by atoms with Crippen LogP contribution in [-0.4, -0.2) is 28.9 Å². The van der Waals surface area contributed by atoms with Crippen molar-refractivity contribution in [1.29, 1.82) is 0 Å². The molecule has 25 heavy (non-hydrogen) atoms. The lowest BCUT2D eigenvalue weighted by atomic mass is 10.1. The van der Waals surface area contributed by atoms with Crippen LogP contribution in [0.25, 0.3) is 0 Å². The summed E-state index contributed by atoms with van der Waals surface area (Å²) in [6.45, 7) is 4.02. The second-order valence-corrected chi connectivity index (χ2v) is 6.16. The second kappa shape index (κ2) is 7.29. The van der Waals surface area contributed by atoms with Gasteiger partial charge in [-0.05, 0) is 43.5 Å². The molecule has 1 aromatic carbocycles. The Hall–Kier alpha value is -2.96. The van der Waals surface area contributed by atoms with Gasteiger partial charge in [0.15, 0.2) is 0 Å². The van der Waals surface area contributed by atoms with Gasteiger partial charge in [-0.25, -0.2) is 4.98 Å². The predicted octanol–water partition coefficient (Wildman–Crippen LogP) is 2.83. The van der Waals surface area contributed by atoms with Gasteiger partial charge in [-0.3, -0.25) is 14.9 Å². The molecule has 0 spiro atoms. The number of aryl methyl sites for hydroxylation is 1. The summed E-state index contributed by atoms with van der Waals surface area (Å²) >= 11 is 0. The Kier molecular flexibility index (Phi) is 4.92. The van der Waals surface area contributed by atoms with E-state index < -0.39 is 4.92 Å². The van der Waals surface area contributed by atoms with Gasteiger partial charge in [-0.15, -0.1) is 0 Å². The number of amides is 1. The standard InChI is InChI=1S/C18H20N4O3/c1-13-4-5-15(11-16(13)22(24)25)18(23)20-12-14-6-7-19-17(10-14)21-8-2-3-9-21/h4-7,10-11H,2-3,8-9,12H2,1H3,(H,20,23). The van der Waals surface area contributed by atoms with Crippen molar-refractivity contribution in [2.45, 2.75) is 26.3 Å². The van der Waals surface area contributed by atoms with Gasteiger partial charge in [0.25, 0.3) is 11.6 Å². The van der Waals surface area contributed by atoms with Crippen molar-refractivity contribution in [3.8, 4) is 0 Å². The minimum absolute atomic E-state index is 0.0483. The van der Waals surface area contributed by atoms with Gasteiger partial charge in [0.2, 0.25) is 0 Å². The Morgan fingerprint density at radius 1 is 1.28 bits per heavy atom. The molecule has 1 aliphatic rings. The number of pyridine rings is 1. The number of hydrogen-bond donors (Lipinski definition) is 1. The van der Waals surface area contributed by atoms with Crippen LogP contribution in [0.3, 0.4) is 0 Å². The molecule has 0 bridgehead atoms. The molecule has 0 unspecified atom stereocenters. The highest BCUT2D eigenvalue weighted by Gasteiger charge is 2.16. The molecule has 1 aliphatic heterocycles. The zero-order valence-electron chi connectivity index (χ0n) is 14.1. The SMILES string of the molecule is Cc1ccc(C(=O)NCc2ccnc(N3CCCC3)c2)cc1[N+](=O)[O-]. The molecule has 0 aliphatic carbocycles. The molecule has 1 aromatic heterocycles. The first kappa shape index (κ1) is 16.9. The van der Waals surface area contributed by atoms with Crippen molar-refractivity contribution < 1.29 is 9.72 Å². The Balaban J connectivity index is 1.67. The fraction of sp³-hybridized carbons (Fsp3) is 0.333. The first-order chi connectivity index (χ1) is 12.0. The number of hydrogen-bond acceptors (Lipinski definition) is 5. The van der Waals surface area contributed by atoms with Crippen LogP contribution in [0.4, 0.5) is 11.5 Å². The first-order valence-corrected chi connectivity index (χ1v) is 8.28. The quantitative estimate of drug-likeness (QED) is 0.668. The molecule has 0 saturated carbocycles. The average molecular weight is 340 g/mol. The predicted molar refractivity (Wildman–Crippen MR) is 94.7 cm³/mol. The van der Waals surface area contributed by atoms with Gasteiger partial charge >= 0.3 is 0 Å². The van der Waals surface area contributed by atoms with E-state index in [-0.39, 0.29) is 17.2 Å². The first-order valence-electron chi connectivity index (χ1n) is 8.28. The Morgan fingerprint density at radius 3 is 2.76 bits per heavy atom. The van der Waals surface area contributed by atoms with Crippen molar-refractivity contribution in [3.05, 3.63) is 63.3 Å². The van der Waals surface area contributed by atoms with E-state index in [1.165, 1.54) is 18.9 Å². The number of carbonyl (C=O) groups excluding carboxylic acids is 1. The fourth-order valence-electron chi connectivity index (χ4n) is 2.92. The number of aromatic nitrogens is 1. The van der Waals surface area contributed by atoms with Crippen molar-refractivity contribution in [1.82, 2.24) is 10.3 Å². The minimum atomic E-state index is -0.475. The van der Waals surface area contributed by atoms with Crippen LogP contribution in [0.15, 0.2) is 36.5 Å². The highest BCUT2D eigenvalue weighted by molar-refractivity contribution is 5.94. The maximum atomic E-state index is 12.3. The molecule has 1 saturated heterocycles. The Morgan fingerprint density at radius 2 is 2.04 bits per heavy atom. The number of anilines is 1. The van der Waals surface area contributed by atoms with Crippen LogP contribution in [-0.2, 0) is 6.54 Å². The monoisotopic (exact) mass is 340 g/mol. The molecule has 130 valence electrons. The molecular weight excluding hydrogens is 320 g/mol. The highest BCUT2D eigenvalue weighted by atomic mass is 16.6. The molecule has 0 atom stereocenters. The van der Waals surface area contributed by atoms with Crippen LogP contribution in [0, 0.1) is 17.0 Å². The summed E-state index contributed by atoms with van der Waals surface area (Å²) in [4.78, 5) is 29.4. The fourth-order valence-corrected chi connectivity index (χ4v) is 2.92. The van der Waals surface area contributed by atoms with Gasteiger partial charge in [0.1, 0.15) is 5.82 Å². The van der Waals surface area contributed by atoms with E-state index in [0.29, 0.717) is 12.1 Å². The third kappa shape index (κ3) is 3.93. The van der Waals surface area contributed by atoms with E-state index in [2.05, 4.69) is 15.2 Å². The molecule has 1 N–H and O–H groups in total. The molecule has 3 rings (SSSR count). The smallest absolute Gasteiger partial charge is 0.273 e. The van der Waals surface area contributed by atoms with Crippen molar-refractivity contribution in [2.75, 3.05) is 18.0 Å². The topological polar surface area (TPSA) is 88.4 Å². The lowest BCUT2D eigenvalue weighted by Crippen LogP contribution is -2.23. The maximum absolute atomic E-state index is 12.3. The van der Waals surface area contributed by atoms with Crippen LogP contribution in [0.1, 0.15) is 34.3 Å². The van der Waals surface area contributed by atoms with Crippen LogP contribution in [0.5, 0.6) is 0 Å². The Labute approximate surface area is 145 Å². The van der Waals surface area contributed by atoms with E-state index in [1.807, 2.05) is 12.1 Å². The number of nitro groups is 1. The van der Waals surface area contributed by atoms with Gasteiger partial charge < -0.3 is 10.2 Å². The van der Waals surface area contributed by atoms with E-state index in [0.717, 1.165) is 24.5 Å². The largest absolute Gasteiger partial charge is 0.357 e. The zero-order chi connectivity index (χ0) is 17.8. The molecule has 7 nitrogen and oxygen atoms in total. The van der Waals surface area contributed by atoms with E-state index in [4.69, 9.17) is 0 Å². The number of nitro benzene ring substituents is 1. The summed E-state index contributed by atoms with van der Waals surface area (Å²) in [6, 6.07) is 8.33. The summed E-state index contributed by atoms with van der Waals surface area (Å²) in [6.07, 6.45) is 4.09. The average Bonchev–Trinajstić information content (AvgIpc) is 3.15. The molecular formula is C18H20N4O3. The van der Waals surface area contributed by atoms with Gasteiger partial charge in [0, 0.05) is 43.0 Å². The summed E-state index contributed by atoms with van der Waals surface area (Å²) < 4.78 is 0. The molecule has 1 amide bonds. The van der Waals surface area contributed by atoms with E-state index >= 15 is 0 Å². The van der Waals surface area contributed by atoms with Gasteiger partial charge in [-0.2, -0.15) is 0 Å². The highest BCUT2D eigenvalue weighted by Crippen LogP contribution is 2.20. The van der Waals surface area contributed by atoms with Gasteiger partial charge in [0.05, 0.1) is 4.92 Å². The van der Waals surface area contributed by atoms with Crippen molar-refractivity contribution in [2.24, 2.45) is 0 Å². The number of nitrogens with zero attached hydrogens (tertiary/aromatic N) is 3. The van der Waals surface area contributed by atoms with Crippen LogP contribution >= 0.6 is 0 Å². The third-order valence-electron chi connectivity index (χ3n) is 4.36. The normalized spacial score (nSPS) is 13.7. The van der Waals surface area contributed by atoms with E-state index in [9.17, 15) is 14.9 Å². The van der Waals surface area contributed by atoms with Crippen LogP contribution < -0.4 is 10.2 Å². The maximum Gasteiger partial charge on any atom is 0.273 e.